The molecule has 1 N–H and O–H groups in total. The van der Waals surface area contributed by atoms with Crippen molar-refractivity contribution in [1.29, 1.82) is 0 Å². The molecule has 0 aliphatic rings. The van der Waals surface area contributed by atoms with Gasteiger partial charge in [-0.15, -0.1) is 0 Å². The molecule has 0 atom stereocenters. The van der Waals surface area contributed by atoms with E-state index in [-0.39, 0.29) is 0 Å². The van der Waals surface area contributed by atoms with E-state index in [0.29, 0.717) is 29.5 Å². The molecule has 0 amide bonds. The molecule has 1 heterocycles. The summed E-state index contributed by atoms with van der Waals surface area (Å²) in [5.74, 6) is 0.588. The molecule has 0 aliphatic carbocycles. The quantitative estimate of drug-likeness (QED) is 0.824. The molecule has 0 saturated carbocycles. The maximum atomic E-state index is 10.6. The Kier molecular flexibility index (Phi) is 4.93. The van der Waals surface area contributed by atoms with Gasteiger partial charge >= 0.3 is 5.97 Å². The number of carbonyl (C=O) groups is 1. The molecule has 108 valence electrons. The van der Waals surface area contributed by atoms with Gasteiger partial charge in [0.2, 0.25) is 5.88 Å². The van der Waals surface area contributed by atoms with E-state index < -0.39 is 5.97 Å². The average molecular weight is 285 g/mol. The smallest absolute Gasteiger partial charge is 0.328 e. The van der Waals surface area contributed by atoms with E-state index in [0.717, 1.165) is 6.08 Å². The fraction of sp³-hybridized carbons (Fsp3) is 0.125. The number of carboxylic acids is 1. The molecule has 5 heteroatoms. The van der Waals surface area contributed by atoms with E-state index in [2.05, 4.69) is 4.98 Å². The molecule has 0 bridgehead atoms. The van der Waals surface area contributed by atoms with Crippen LogP contribution >= 0.6 is 0 Å². The van der Waals surface area contributed by atoms with Crippen LogP contribution in [-0.4, -0.2) is 22.7 Å². The number of ether oxygens (including phenoxy) is 2. The summed E-state index contributed by atoms with van der Waals surface area (Å²) in [6.07, 6.45) is 4.07. The maximum absolute atomic E-state index is 10.6. The zero-order chi connectivity index (χ0) is 15.1. The number of rotatable bonds is 6. The molecule has 0 aliphatic heterocycles. The number of nitrogens with zero attached hydrogens (tertiary/aromatic N) is 1. The summed E-state index contributed by atoms with van der Waals surface area (Å²) in [4.78, 5) is 14.7. The number of pyridine rings is 1. The van der Waals surface area contributed by atoms with Crippen molar-refractivity contribution < 1.29 is 19.4 Å². The Morgan fingerprint density at radius 3 is 2.86 bits per heavy atom. The molecular weight excluding hydrogens is 270 g/mol. The fourth-order valence-corrected chi connectivity index (χ4v) is 1.68. The highest BCUT2D eigenvalue weighted by molar-refractivity contribution is 5.85. The second-order valence-corrected chi connectivity index (χ2v) is 4.08. The summed E-state index contributed by atoms with van der Waals surface area (Å²) >= 11 is 0. The zero-order valence-electron chi connectivity index (χ0n) is 11.5. The van der Waals surface area contributed by atoms with Gasteiger partial charge < -0.3 is 14.6 Å². The highest BCUT2D eigenvalue weighted by atomic mass is 16.5. The lowest BCUT2D eigenvalue weighted by Gasteiger charge is -2.09. The van der Waals surface area contributed by atoms with E-state index in [4.69, 9.17) is 14.6 Å². The molecular formula is C16H15NO4. The van der Waals surface area contributed by atoms with Crippen LogP contribution in [0.2, 0.25) is 0 Å². The molecule has 0 fully saturated rings. The second-order valence-electron chi connectivity index (χ2n) is 4.08. The van der Waals surface area contributed by atoms with Crippen LogP contribution in [0.1, 0.15) is 12.5 Å². The van der Waals surface area contributed by atoms with Crippen LogP contribution < -0.4 is 9.47 Å². The normalized spacial score (nSPS) is 10.5. The van der Waals surface area contributed by atoms with Crippen molar-refractivity contribution in [3.8, 4) is 17.4 Å². The summed E-state index contributed by atoms with van der Waals surface area (Å²) in [6, 6.07) is 10.6. The van der Waals surface area contributed by atoms with Gasteiger partial charge in [0.15, 0.2) is 0 Å². The van der Waals surface area contributed by atoms with Crippen molar-refractivity contribution in [1.82, 2.24) is 4.98 Å². The third-order valence-corrected chi connectivity index (χ3v) is 2.54. The SMILES string of the molecule is CCOc1cccc(Oc2ncccc2/C=C/C(=O)O)c1. The van der Waals surface area contributed by atoms with Crippen molar-refractivity contribution in [3.63, 3.8) is 0 Å². The highest BCUT2D eigenvalue weighted by Crippen LogP contribution is 2.26. The Labute approximate surface area is 122 Å². The third-order valence-electron chi connectivity index (χ3n) is 2.54. The highest BCUT2D eigenvalue weighted by Gasteiger charge is 2.05. The first kappa shape index (κ1) is 14.6. The summed E-state index contributed by atoms with van der Waals surface area (Å²) in [7, 11) is 0. The lowest BCUT2D eigenvalue weighted by molar-refractivity contribution is -0.131. The van der Waals surface area contributed by atoms with Crippen LogP contribution in [0, 0.1) is 0 Å². The lowest BCUT2D eigenvalue weighted by Crippen LogP contribution is -1.94. The monoisotopic (exact) mass is 285 g/mol. The molecule has 0 radical (unpaired) electrons. The van der Waals surface area contributed by atoms with E-state index in [1.54, 1.807) is 30.5 Å². The molecule has 2 aromatic rings. The first-order valence-corrected chi connectivity index (χ1v) is 6.46. The van der Waals surface area contributed by atoms with Gasteiger partial charge in [-0.05, 0) is 37.3 Å². The number of hydrogen-bond donors (Lipinski definition) is 1. The third kappa shape index (κ3) is 4.35. The molecule has 21 heavy (non-hydrogen) atoms. The van der Waals surface area contributed by atoms with Crippen LogP contribution in [0.25, 0.3) is 6.08 Å². The molecule has 0 spiro atoms. The Bertz CT molecular complexity index is 652. The first-order valence-electron chi connectivity index (χ1n) is 6.46. The summed E-state index contributed by atoms with van der Waals surface area (Å²) in [5, 5.41) is 8.69. The lowest BCUT2D eigenvalue weighted by atomic mass is 10.2. The topological polar surface area (TPSA) is 68.7 Å². The van der Waals surface area contributed by atoms with Gasteiger partial charge in [-0.25, -0.2) is 9.78 Å². The predicted molar refractivity (Wildman–Crippen MR) is 78.6 cm³/mol. The number of aliphatic carboxylic acids is 1. The van der Waals surface area contributed by atoms with E-state index >= 15 is 0 Å². The Hall–Kier alpha value is -2.82. The molecule has 0 saturated heterocycles. The number of benzene rings is 1. The van der Waals surface area contributed by atoms with E-state index in [9.17, 15) is 4.79 Å². The van der Waals surface area contributed by atoms with Gasteiger partial charge in [0.25, 0.3) is 0 Å². The molecule has 1 aromatic carbocycles. The standard InChI is InChI=1S/C16H15NO4/c1-2-20-13-6-3-7-14(11-13)21-16-12(5-4-10-17-16)8-9-15(18)19/h3-11H,2H2,1H3,(H,18,19)/b9-8+. The Morgan fingerprint density at radius 2 is 2.10 bits per heavy atom. The van der Waals surface area contributed by atoms with Crippen LogP contribution in [0.3, 0.4) is 0 Å². The first-order chi connectivity index (χ1) is 10.2. The molecule has 0 unspecified atom stereocenters. The Morgan fingerprint density at radius 1 is 1.29 bits per heavy atom. The predicted octanol–water partition coefficient (Wildman–Crippen LogP) is 3.37. The van der Waals surface area contributed by atoms with Crippen LogP contribution in [-0.2, 0) is 4.79 Å². The van der Waals surface area contributed by atoms with Gasteiger partial charge in [-0.2, -0.15) is 0 Å². The largest absolute Gasteiger partial charge is 0.494 e. The van der Waals surface area contributed by atoms with Crippen LogP contribution in [0.5, 0.6) is 17.4 Å². The average Bonchev–Trinajstić information content (AvgIpc) is 2.47. The summed E-state index contributed by atoms with van der Waals surface area (Å²) < 4.78 is 11.1. The van der Waals surface area contributed by atoms with Crippen molar-refractivity contribution in [2.45, 2.75) is 6.92 Å². The maximum Gasteiger partial charge on any atom is 0.328 e. The van der Waals surface area contributed by atoms with Crippen LogP contribution in [0.4, 0.5) is 0 Å². The fourth-order valence-electron chi connectivity index (χ4n) is 1.68. The number of aromatic nitrogens is 1. The second kappa shape index (κ2) is 7.09. The van der Waals surface area contributed by atoms with Crippen molar-refractivity contribution in [2.24, 2.45) is 0 Å². The van der Waals surface area contributed by atoms with Gasteiger partial charge in [-0.3, -0.25) is 0 Å². The summed E-state index contributed by atoms with van der Waals surface area (Å²) in [6.45, 7) is 2.47. The zero-order valence-corrected chi connectivity index (χ0v) is 11.5. The minimum absolute atomic E-state index is 0.337. The van der Waals surface area contributed by atoms with Crippen molar-refractivity contribution >= 4 is 12.0 Å². The molecule has 1 aromatic heterocycles. The van der Waals surface area contributed by atoms with Gasteiger partial charge in [-0.1, -0.05) is 6.07 Å². The summed E-state index contributed by atoms with van der Waals surface area (Å²) in [5.41, 5.74) is 0.585. The van der Waals surface area contributed by atoms with E-state index in [1.807, 2.05) is 19.1 Å². The Balaban J connectivity index is 2.23. The van der Waals surface area contributed by atoms with Crippen LogP contribution in [0.15, 0.2) is 48.7 Å². The van der Waals surface area contributed by atoms with Gasteiger partial charge in [0, 0.05) is 23.9 Å². The van der Waals surface area contributed by atoms with Crippen molar-refractivity contribution in [2.75, 3.05) is 6.61 Å². The molecule has 2 rings (SSSR count). The minimum atomic E-state index is -1.02. The number of carboxylic acid groups (broad SMARTS) is 1. The van der Waals surface area contributed by atoms with E-state index in [1.165, 1.54) is 6.08 Å². The molecule has 5 nitrogen and oxygen atoms in total. The minimum Gasteiger partial charge on any atom is -0.494 e. The van der Waals surface area contributed by atoms with Gasteiger partial charge in [0.05, 0.1) is 6.61 Å². The van der Waals surface area contributed by atoms with Crippen molar-refractivity contribution in [3.05, 3.63) is 54.2 Å². The van der Waals surface area contributed by atoms with Gasteiger partial charge in [0.1, 0.15) is 11.5 Å². The number of hydrogen-bond acceptors (Lipinski definition) is 4.